The van der Waals surface area contributed by atoms with Gasteiger partial charge in [0.2, 0.25) is 0 Å². The van der Waals surface area contributed by atoms with Gasteiger partial charge in [-0.2, -0.15) is 0 Å². The second-order valence-corrected chi connectivity index (χ2v) is 11.8. The molecule has 1 saturated heterocycles. The Bertz CT molecular complexity index is 819. The summed E-state index contributed by atoms with van der Waals surface area (Å²) in [5.41, 5.74) is -5.50. The zero-order valence-corrected chi connectivity index (χ0v) is 19.9. The lowest BCUT2D eigenvalue weighted by Crippen LogP contribution is -2.83. The van der Waals surface area contributed by atoms with Crippen LogP contribution in [0.15, 0.2) is 0 Å². The quantitative estimate of drug-likeness (QED) is 0.408. The fourth-order valence-corrected chi connectivity index (χ4v) is 10.6. The number of nitrogens with zero attached hydrogens (tertiary/aromatic N) is 1. The van der Waals surface area contributed by atoms with Gasteiger partial charge in [0.25, 0.3) is 0 Å². The number of alkyl halides is 1. The van der Waals surface area contributed by atoms with Crippen molar-refractivity contribution in [3.05, 3.63) is 0 Å². The Morgan fingerprint density at radius 3 is 2.38 bits per heavy atom. The molecule has 7 bridgehead atoms. The molecule has 6 fully saturated rings. The van der Waals surface area contributed by atoms with Crippen molar-refractivity contribution in [2.75, 3.05) is 34.4 Å². The minimum absolute atomic E-state index is 0.0448. The molecular formula is C23H36ClNO7. The normalized spacial score (nSPS) is 64.8. The number of methoxy groups -OCH3 is 3. The summed E-state index contributed by atoms with van der Waals surface area (Å²) in [5.74, 6) is -1.11. The highest BCUT2D eigenvalue weighted by Gasteiger charge is 2.92. The van der Waals surface area contributed by atoms with E-state index >= 15 is 0 Å². The number of rotatable bonds is 4. The molecule has 5 aliphatic carbocycles. The fourth-order valence-electron chi connectivity index (χ4n) is 10.2. The van der Waals surface area contributed by atoms with Crippen LogP contribution >= 0.6 is 11.6 Å². The lowest BCUT2D eigenvalue weighted by atomic mass is 9.44. The van der Waals surface area contributed by atoms with Crippen LogP contribution in [-0.2, 0) is 14.2 Å². The zero-order chi connectivity index (χ0) is 23.0. The first-order chi connectivity index (χ1) is 15.1. The van der Waals surface area contributed by atoms with Crippen molar-refractivity contribution in [3.63, 3.8) is 0 Å². The van der Waals surface area contributed by atoms with Crippen molar-refractivity contribution in [2.45, 2.75) is 78.8 Å². The molecule has 6 aliphatic rings. The lowest BCUT2D eigenvalue weighted by Gasteiger charge is -2.69. The van der Waals surface area contributed by atoms with Crippen LogP contribution in [0.25, 0.3) is 0 Å². The summed E-state index contributed by atoms with van der Waals surface area (Å²) in [5, 5.41) is 48.5. The van der Waals surface area contributed by atoms with Crippen LogP contribution < -0.4 is 0 Å². The largest absolute Gasteiger partial charge is 0.392 e. The van der Waals surface area contributed by atoms with Crippen molar-refractivity contribution >= 4 is 11.6 Å². The SMILES string of the molecule is CCN1CC2(O)C(Cl)CC(O)C34C5CC6C(OC)CC(O)(C5C6OC)C(O)(C(OC)C23)C14. The molecule has 9 heteroatoms. The van der Waals surface area contributed by atoms with Gasteiger partial charge in [0.1, 0.15) is 11.2 Å². The maximum Gasteiger partial charge on any atom is 0.136 e. The van der Waals surface area contributed by atoms with E-state index in [1.807, 2.05) is 11.8 Å². The van der Waals surface area contributed by atoms with Crippen LogP contribution in [0.1, 0.15) is 26.2 Å². The van der Waals surface area contributed by atoms with Crippen molar-refractivity contribution in [3.8, 4) is 0 Å². The van der Waals surface area contributed by atoms with Crippen LogP contribution in [0.2, 0.25) is 0 Å². The number of hydrogen-bond donors (Lipinski definition) is 4. The van der Waals surface area contributed by atoms with Gasteiger partial charge in [0, 0.05) is 57.5 Å². The average Bonchev–Trinajstić information content (AvgIpc) is 3.19. The standard InChI is InChI=1S/C23H36ClNO7/c1-5-25-9-20(27)13(24)7-14(26)22-11-6-10-12(30-2)8-21(28,15(11)16(10)31-3)23(29,19(22)25)18(32-4)17(20)22/h10-19,26-29H,5-9H2,1-4H3. The molecule has 6 rings (SSSR count). The average molecular weight is 474 g/mol. The first kappa shape index (κ1) is 22.4. The van der Waals surface area contributed by atoms with Gasteiger partial charge in [-0.05, 0) is 25.3 Å². The predicted molar refractivity (Wildman–Crippen MR) is 114 cm³/mol. The predicted octanol–water partition coefficient (Wildman–Crippen LogP) is -0.413. The molecule has 1 heterocycles. The molecule has 1 spiro atoms. The van der Waals surface area contributed by atoms with Crippen LogP contribution in [0.3, 0.4) is 0 Å². The Hall–Kier alpha value is -0.0300. The van der Waals surface area contributed by atoms with Gasteiger partial charge in [-0.3, -0.25) is 4.90 Å². The third-order valence-corrected chi connectivity index (χ3v) is 11.5. The number of ether oxygens (including phenoxy) is 3. The van der Waals surface area contributed by atoms with Crippen molar-refractivity contribution in [1.29, 1.82) is 0 Å². The molecule has 32 heavy (non-hydrogen) atoms. The van der Waals surface area contributed by atoms with Crippen LogP contribution in [0.4, 0.5) is 0 Å². The minimum atomic E-state index is -1.72. The number of aliphatic hydroxyl groups excluding tert-OH is 1. The third kappa shape index (κ3) is 1.97. The Morgan fingerprint density at radius 2 is 1.78 bits per heavy atom. The van der Waals surface area contributed by atoms with Crippen molar-refractivity contribution in [1.82, 2.24) is 4.90 Å². The number of fused-ring (bicyclic) bond motifs is 2. The zero-order valence-electron chi connectivity index (χ0n) is 19.1. The van der Waals surface area contributed by atoms with E-state index in [9.17, 15) is 20.4 Å². The fraction of sp³-hybridized carbons (Fsp3) is 1.00. The Labute approximate surface area is 193 Å². The number of β-amino-alcohol motifs (C(OH)–C–C–N with tert-alkyl or cyclic N) is 1. The van der Waals surface area contributed by atoms with E-state index in [0.717, 1.165) is 0 Å². The first-order valence-electron chi connectivity index (χ1n) is 11.9. The number of likely N-dealkylation sites (N-methyl/N-ethyl adjacent to an activating group) is 1. The maximum absolute atomic E-state index is 12.7. The Balaban J connectivity index is 1.68. The summed E-state index contributed by atoms with van der Waals surface area (Å²) in [6.45, 7) is 2.81. The third-order valence-electron chi connectivity index (χ3n) is 10.9. The van der Waals surface area contributed by atoms with Crippen molar-refractivity contribution in [2.24, 2.45) is 29.1 Å². The minimum Gasteiger partial charge on any atom is -0.392 e. The molecule has 0 radical (unpaired) electrons. The summed E-state index contributed by atoms with van der Waals surface area (Å²) in [6, 6.07) is -0.562. The summed E-state index contributed by atoms with van der Waals surface area (Å²) in [6.07, 6.45) is -1.11. The second kappa shape index (κ2) is 6.59. The topological polar surface area (TPSA) is 112 Å². The van der Waals surface area contributed by atoms with E-state index < -0.39 is 57.7 Å². The maximum atomic E-state index is 12.7. The van der Waals surface area contributed by atoms with Gasteiger partial charge in [-0.15, -0.1) is 11.6 Å². The number of piperidine rings is 1. The van der Waals surface area contributed by atoms with E-state index in [0.29, 0.717) is 13.0 Å². The van der Waals surface area contributed by atoms with Gasteiger partial charge in [-0.1, -0.05) is 6.92 Å². The molecule has 14 unspecified atom stereocenters. The molecule has 0 aromatic rings. The highest BCUT2D eigenvalue weighted by Crippen LogP contribution is 2.79. The highest BCUT2D eigenvalue weighted by atomic mass is 35.5. The van der Waals surface area contributed by atoms with Gasteiger partial charge < -0.3 is 34.6 Å². The summed E-state index contributed by atoms with van der Waals surface area (Å²) in [7, 11) is 4.81. The van der Waals surface area contributed by atoms with E-state index in [4.69, 9.17) is 25.8 Å². The molecule has 0 amide bonds. The van der Waals surface area contributed by atoms with Crippen LogP contribution in [0.5, 0.6) is 0 Å². The number of halogens is 1. The lowest BCUT2D eigenvalue weighted by molar-refractivity contribution is -0.320. The van der Waals surface area contributed by atoms with Gasteiger partial charge in [-0.25, -0.2) is 0 Å². The summed E-state index contributed by atoms with van der Waals surface area (Å²) in [4.78, 5) is 2.04. The van der Waals surface area contributed by atoms with E-state index in [2.05, 4.69) is 0 Å². The monoisotopic (exact) mass is 473 g/mol. The number of likely N-dealkylation sites (tertiary alicyclic amines) is 1. The van der Waals surface area contributed by atoms with Crippen LogP contribution in [0, 0.1) is 29.1 Å². The van der Waals surface area contributed by atoms with E-state index in [1.165, 1.54) is 7.11 Å². The molecule has 14 atom stereocenters. The molecule has 182 valence electrons. The van der Waals surface area contributed by atoms with Gasteiger partial charge >= 0.3 is 0 Å². The molecule has 1 aliphatic heterocycles. The molecular weight excluding hydrogens is 438 g/mol. The van der Waals surface area contributed by atoms with Gasteiger partial charge in [0.15, 0.2) is 0 Å². The first-order valence-corrected chi connectivity index (χ1v) is 12.4. The molecule has 0 aromatic heterocycles. The smallest absolute Gasteiger partial charge is 0.136 e. The van der Waals surface area contributed by atoms with E-state index in [-0.39, 0.29) is 43.4 Å². The molecule has 4 N–H and O–H groups in total. The summed E-state index contributed by atoms with van der Waals surface area (Å²) < 4.78 is 17.8. The second-order valence-electron chi connectivity index (χ2n) is 11.3. The van der Waals surface area contributed by atoms with E-state index in [1.54, 1.807) is 14.2 Å². The van der Waals surface area contributed by atoms with Gasteiger partial charge in [0.05, 0.1) is 41.4 Å². The Morgan fingerprint density at radius 1 is 1.06 bits per heavy atom. The van der Waals surface area contributed by atoms with Crippen molar-refractivity contribution < 1.29 is 34.6 Å². The Kier molecular flexibility index (Phi) is 4.62. The van der Waals surface area contributed by atoms with Crippen LogP contribution in [-0.4, -0.2) is 112 Å². The molecule has 0 aromatic carbocycles. The number of aliphatic hydroxyl groups is 4. The molecule has 8 nitrogen and oxygen atoms in total. The summed E-state index contributed by atoms with van der Waals surface area (Å²) >= 11 is 6.76. The highest BCUT2D eigenvalue weighted by molar-refractivity contribution is 6.21. The number of hydrogen-bond acceptors (Lipinski definition) is 8. The molecule has 5 saturated carbocycles.